The maximum absolute atomic E-state index is 12.9. The van der Waals surface area contributed by atoms with E-state index < -0.39 is 0 Å². The van der Waals surface area contributed by atoms with Gasteiger partial charge in [0.2, 0.25) is 5.89 Å². The van der Waals surface area contributed by atoms with Crippen LogP contribution >= 0.6 is 0 Å². The molecule has 1 aliphatic heterocycles. The Bertz CT molecular complexity index is 985. The highest BCUT2D eigenvalue weighted by Gasteiger charge is 2.26. The van der Waals surface area contributed by atoms with Gasteiger partial charge < -0.3 is 14.1 Å². The van der Waals surface area contributed by atoms with E-state index in [-0.39, 0.29) is 5.91 Å². The first-order chi connectivity index (χ1) is 14.5. The van der Waals surface area contributed by atoms with Crippen molar-refractivity contribution in [3.05, 3.63) is 71.6 Å². The van der Waals surface area contributed by atoms with Crippen molar-refractivity contribution in [1.29, 1.82) is 0 Å². The Morgan fingerprint density at radius 1 is 1.07 bits per heavy atom. The van der Waals surface area contributed by atoms with Crippen molar-refractivity contribution in [3.8, 4) is 17.2 Å². The summed E-state index contributed by atoms with van der Waals surface area (Å²) < 4.78 is 11.6. The van der Waals surface area contributed by atoms with Gasteiger partial charge in [-0.15, -0.1) is 0 Å². The number of hydrogen-bond acceptors (Lipinski definition) is 4. The Morgan fingerprint density at radius 2 is 1.73 bits per heavy atom. The molecule has 3 aromatic rings. The normalized spacial score (nSPS) is 19.0. The van der Waals surface area contributed by atoms with Crippen LogP contribution in [0, 0.1) is 18.8 Å². The van der Waals surface area contributed by atoms with Gasteiger partial charge >= 0.3 is 0 Å². The van der Waals surface area contributed by atoms with Gasteiger partial charge in [0.1, 0.15) is 23.8 Å². The molecule has 5 heteroatoms. The lowest BCUT2D eigenvalue weighted by Gasteiger charge is -2.35. The first kappa shape index (κ1) is 20.2. The fourth-order valence-corrected chi connectivity index (χ4v) is 4.12. The van der Waals surface area contributed by atoms with Crippen molar-refractivity contribution in [1.82, 2.24) is 9.88 Å². The Hall–Kier alpha value is -3.08. The second kappa shape index (κ2) is 8.74. The van der Waals surface area contributed by atoms with Crippen molar-refractivity contribution in [2.45, 2.75) is 33.8 Å². The molecule has 4 rings (SSSR count). The summed E-state index contributed by atoms with van der Waals surface area (Å²) in [6, 6.07) is 17.2. The maximum atomic E-state index is 12.9. The summed E-state index contributed by atoms with van der Waals surface area (Å²) in [6.07, 6.45) is 1.18. The molecule has 1 amide bonds. The number of para-hydroxylation sites is 1. The minimum Gasteiger partial charge on any atom is -0.487 e. The molecule has 0 bridgehead atoms. The summed E-state index contributed by atoms with van der Waals surface area (Å²) in [7, 11) is 0. The van der Waals surface area contributed by atoms with Crippen LogP contribution in [0.1, 0.15) is 42.1 Å². The molecule has 1 saturated heterocycles. The predicted octanol–water partition coefficient (Wildman–Crippen LogP) is 5.35. The van der Waals surface area contributed by atoms with Crippen LogP contribution in [0.25, 0.3) is 11.5 Å². The van der Waals surface area contributed by atoms with Gasteiger partial charge in [0.25, 0.3) is 5.91 Å². The van der Waals surface area contributed by atoms with Crippen LogP contribution in [0.15, 0.2) is 59.0 Å². The Labute approximate surface area is 177 Å². The van der Waals surface area contributed by atoms with Gasteiger partial charge in [-0.1, -0.05) is 32.0 Å². The standard InChI is InChI=1S/C25H28N2O3/c1-17-13-18(2)15-27(14-17)25(28)21-11-9-20(10-12-21)24-26-23(19(3)30-24)16-29-22-7-5-4-6-8-22/h4-12,17-18H,13-16H2,1-3H3. The van der Waals surface area contributed by atoms with E-state index in [0.717, 1.165) is 35.9 Å². The zero-order chi connectivity index (χ0) is 21.1. The minimum atomic E-state index is 0.0977. The predicted molar refractivity (Wildman–Crippen MR) is 116 cm³/mol. The molecule has 0 spiro atoms. The van der Waals surface area contributed by atoms with E-state index in [1.165, 1.54) is 6.42 Å². The molecule has 2 aromatic carbocycles. The Morgan fingerprint density at radius 3 is 2.40 bits per heavy atom. The smallest absolute Gasteiger partial charge is 0.253 e. The van der Waals surface area contributed by atoms with Gasteiger partial charge in [-0.2, -0.15) is 0 Å². The number of ether oxygens (including phenoxy) is 1. The lowest BCUT2D eigenvalue weighted by atomic mass is 9.91. The van der Waals surface area contributed by atoms with Crippen LogP contribution in [0.4, 0.5) is 0 Å². The average molecular weight is 405 g/mol. The monoisotopic (exact) mass is 404 g/mol. The SMILES string of the molecule is Cc1oc(-c2ccc(C(=O)N3CC(C)CC(C)C3)cc2)nc1COc1ccccc1. The first-order valence-electron chi connectivity index (χ1n) is 10.5. The number of benzene rings is 2. The van der Waals surface area contributed by atoms with E-state index in [0.29, 0.717) is 29.9 Å². The number of amides is 1. The Balaban J connectivity index is 1.44. The van der Waals surface area contributed by atoms with Gasteiger partial charge in [0.05, 0.1) is 0 Å². The van der Waals surface area contributed by atoms with Gasteiger partial charge in [0, 0.05) is 24.2 Å². The second-order valence-corrected chi connectivity index (χ2v) is 8.36. The van der Waals surface area contributed by atoms with E-state index in [4.69, 9.17) is 9.15 Å². The minimum absolute atomic E-state index is 0.0977. The fraction of sp³-hybridized carbons (Fsp3) is 0.360. The molecule has 2 unspecified atom stereocenters. The number of rotatable bonds is 5. The fourth-order valence-electron chi connectivity index (χ4n) is 4.12. The summed E-state index contributed by atoms with van der Waals surface area (Å²) in [6.45, 7) is 8.31. The van der Waals surface area contributed by atoms with Crippen molar-refractivity contribution in [2.75, 3.05) is 13.1 Å². The molecule has 1 aromatic heterocycles. The molecule has 156 valence electrons. The zero-order valence-corrected chi connectivity index (χ0v) is 17.8. The number of nitrogens with zero attached hydrogens (tertiary/aromatic N) is 2. The van der Waals surface area contributed by atoms with Gasteiger partial charge in [0.15, 0.2) is 0 Å². The van der Waals surface area contributed by atoms with E-state index >= 15 is 0 Å². The molecular weight excluding hydrogens is 376 g/mol. The lowest BCUT2D eigenvalue weighted by molar-refractivity contribution is 0.0623. The van der Waals surface area contributed by atoms with Crippen LogP contribution < -0.4 is 4.74 Å². The highest BCUT2D eigenvalue weighted by molar-refractivity contribution is 5.94. The molecule has 2 atom stereocenters. The van der Waals surface area contributed by atoms with Crippen LogP contribution in [0.2, 0.25) is 0 Å². The highest BCUT2D eigenvalue weighted by atomic mass is 16.5. The van der Waals surface area contributed by atoms with Crippen LogP contribution in [0.3, 0.4) is 0 Å². The Kier molecular flexibility index (Phi) is 5.88. The third-order valence-corrected chi connectivity index (χ3v) is 5.55. The summed E-state index contributed by atoms with van der Waals surface area (Å²) in [5.74, 6) is 3.26. The maximum Gasteiger partial charge on any atom is 0.253 e. The second-order valence-electron chi connectivity index (χ2n) is 8.36. The number of aryl methyl sites for hydroxylation is 1. The van der Waals surface area contributed by atoms with Gasteiger partial charge in [-0.05, 0) is 61.6 Å². The number of likely N-dealkylation sites (tertiary alicyclic amines) is 1. The number of piperidine rings is 1. The number of carbonyl (C=O) groups excluding carboxylic acids is 1. The summed E-state index contributed by atoms with van der Waals surface area (Å²) in [5, 5.41) is 0. The molecule has 5 nitrogen and oxygen atoms in total. The molecule has 1 fully saturated rings. The van der Waals surface area contributed by atoms with Gasteiger partial charge in [-0.25, -0.2) is 4.98 Å². The van der Waals surface area contributed by atoms with Crippen molar-refractivity contribution >= 4 is 5.91 Å². The molecule has 0 radical (unpaired) electrons. The number of carbonyl (C=O) groups is 1. The highest BCUT2D eigenvalue weighted by Crippen LogP contribution is 2.25. The largest absolute Gasteiger partial charge is 0.487 e. The summed E-state index contributed by atoms with van der Waals surface area (Å²) in [4.78, 5) is 19.5. The van der Waals surface area contributed by atoms with Gasteiger partial charge in [-0.3, -0.25) is 4.79 Å². The third kappa shape index (κ3) is 4.56. The topological polar surface area (TPSA) is 55.6 Å². The molecule has 30 heavy (non-hydrogen) atoms. The lowest BCUT2D eigenvalue weighted by Crippen LogP contribution is -2.42. The van der Waals surface area contributed by atoms with E-state index in [9.17, 15) is 4.79 Å². The summed E-state index contributed by atoms with van der Waals surface area (Å²) in [5.41, 5.74) is 2.32. The first-order valence-corrected chi connectivity index (χ1v) is 10.5. The third-order valence-electron chi connectivity index (χ3n) is 5.55. The van der Waals surface area contributed by atoms with E-state index in [1.807, 2.05) is 66.4 Å². The van der Waals surface area contributed by atoms with Crippen molar-refractivity contribution in [3.63, 3.8) is 0 Å². The van der Waals surface area contributed by atoms with Crippen LogP contribution in [0.5, 0.6) is 5.75 Å². The van der Waals surface area contributed by atoms with E-state index in [1.54, 1.807) is 0 Å². The molecule has 2 heterocycles. The number of oxazole rings is 1. The van der Waals surface area contributed by atoms with Crippen LogP contribution in [-0.2, 0) is 6.61 Å². The van der Waals surface area contributed by atoms with Crippen LogP contribution in [-0.4, -0.2) is 28.9 Å². The molecule has 0 aliphatic carbocycles. The quantitative estimate of drug-likeness (QED) is 0.575. The average Bonchev–Trinajstić information content (AvgIpc) is 3.12. The molecule has 0 N–H and O–H groups in total. The number of hydrogen-bond donors (Lipinski definition) is 0. The van der Waals surface area contributed by atoms with Crippen molar-refractivity contribution < 1.29 is 13.9 Å². The summed E-state index contributed by atoms with van der Waals surface area (Å²) >= 11 is 0. The number of aromatic nitrogens is 1. The van der Waals surface area contributed by atoms with Crippen molar-refractivity contribution in [2.24, 2.45) is 11.8 Å². The molecule has 0 saturated carbocycles. The molecular formula is C25H28N2O3. The zero-order valence-electron chi connectivity index (χ0n) is 17.8. The molecule has 1 aliphatic rings. The van der Waals surface area contributed by atoms with E-state index in [2.05, 4.69) is 18.8 Å².